The molecule has 0 aliphatic rings. The predicted molar refractivity (Wildman–Crippen MR) is 66.9 cm³/mol. The molecule has 0 N–H and O–H groups in total. The Hall–Kier alpha value is -2.11. The van der Waals surface area contributed by atoms with Gasteiger partial charge in [0.1, 0.15) is 5.69 Å². The zero-order valence-corrected chi connectivity index (χ0v) is 10.9. The minimum atomic E-state index is -0.0838. The SMILES string of the molecule is CCn1nccc1CN(C)C(=O)c1ccn(C)n1. The van der Waals surface area contributed by atoms with E-state index in [2.05, 4.69) is 10.2 Å². The normalized spacial score (nSPS) is 10.6. The lowest BCUT2D eigenvalue weighted by Crippen LogP contribution is -2.27. The highest BCUT2D eigenvalue weighted by Gasteiger charge is 2.15. The number of carbonyl (C=O) groups is 1. The monoisotopic (exact) mass is 247 g/mol. The van der Waals surface area contributed by atoms with Gasteiger partial charge in [-0.05, 0) is 19.1 Å². The number of aryl methyl sites for hydroxylation is 2. The highest BCUT2D eigenvalue weighted by molar-refractivity contribution is 5.91. The van der Waals surface area contributed by atoms with Crippen molar-refractivity contribution < 1.29 is 4.79 Å². The molecule has 2 heterocycles. The average Bonchev–Trinajstić information content (AvgIpc) is 2.96. The van der Waals surface area contributed by atoms with E-state index in [1.807, 2.05) is 17.7 Å². The first-order valence-corrected chi connectivity index (χ1v) is 5.87. The van der Waals surface area contributed by atoms with Crippen molar-refractivity contribution in [3.05, 3.63) is 35.9 Å². The van der Waals surface area contributed by atoms with Gasteiger partial charge >= 0.3 is 0 Å². The van der Waals surface area contributed by atoms with Gasteiger partial charge in [-0.3, -0.25) is 14.2 Å². The first-order valence-electron chi connectivity index (χ1n) is 5.87. The van der Waals surface area contributed by atoms with Gasteiger partial charge in [-0.25, -0.2) is 0 Å². The molecule has 0 atom stereocenters. The third kappa shape index (κ3) is 2.42. The van der Waals surface area contributed by atoms with Crippen LogP contribution in [0, 0.1) is 0 Å². The van der Waals surface area contributed by atoms with Crippen LogP contribution in [-0.2, 0) is 20.1 Å². The van der Waals surface area contributed by atoms with Gasteiger partial charge in [0, 0.05) is 33.0 Å². The molecule has 6 nitrogen and oxygen atoms in total. The molecule has 0 bridgehead atoms. The van der Waals surface area contributed by atoms with E-state index in [9.17, 15) is 4.79 Å². The van der Waals surface area contributed by atoms with E-state index in [0.717, 1.165) is 12.2 Å². The molecule has 0 aliphatic heterocycles. The van der Waals surface area contributed by atoms with Crippen molar-refractivity contribution in [3.63, 3.8) is 0 Å². The summed E-state index contributed by atoms with van der Waals surface area (Å²) in [7, 11) is 3.56. The van der Waals surface area contributed by atoms with E-state index in [-0.39, 0.29) is 5.91 Å². The molecule has 2 rings (SSSR count). The van der Waals surface area contributed by atoms with Crippen LogP contribution >= 0.6 is 0 Å². The van der Waals surface area contributed by atoms with E-state index in [1.165, 1.54) is 0 Å². The topological polar surface area (TPSA) is 56.0 Å². The van der Waals surface area contributed by atoms with Crippen LogP contribution in [0.4, 0.5) is 0 Å². The van der Waals surface area contributed by atoms with Gasteiger partial charge in [-0.1, -0.05) is 0 Å². The Labute approximate surface area is 106 Å². The van der Waals surface area contributed by atoms with Crippen LogP contribution < -0.4 is 0 Å². The highest BCUT2D eigenvalue weighted by atomic mass is 16.2. The van der Waals surface area contributed by atoms with Crippen molar-refractivity contribution in [2.45, 2.75) is 20.0 Å². The largest absolute Gasteiger partial charge is 0.334 e. The first kappa shape index (κ1) is 12.3. The fourth-order valence-corrected chi connectivity index (χ4v) is 1.82. The van der Waals surface area contributed by atoms with E-state index in [1.54, 1.807) is 42.1 Å². The Morgan fingerprint density at radius 2 is 2.22 bits per heavy atom. The maximum Gasteiger partial charge on any atom is 0.274 e. The molecule has 0 aliphatic carbocycles. The number of rotatable bonds is 4. The van der Waals surface area contributed by atoms with Crippen LogP contribution in [0.3, 0.4) is 0 Å². The Kier molecular flexibility index (Phi) is 3.45. The molecule has 6 heteroatoms. The lowest BCUT2D eigenvalue weighted by molar-refractivity contribution is 0.0775. The molecule has 0 saturated carbocycles. The molecule has 0 saturated heterocycles. The number of carbonyl (C=O) groups excluding carboxylic acids is 1. The summed E-state index contributed by atoms with van der Waals surface area (Å²) in [4.78, 5) is 13.7. The van der Waals surface area contributed by atoms with Gasteiger partial charge in [-0.2, -0.15) is 10.2 Å². The van der Waals surface area contributed by atoms with E-state index in [4.69, 9.17) is 0 Å². The fourth-order valence-electron chi connectivity index (χ4n) is 1.82. The first-order chi connectivity index (χ1) is 8.61. The summed E-state index contributed by atoms with van der Waals surface area (Å²) >= 11 is 0. The Morgan fingerprint density at radius 1 is 1.44 bits per heavy atom. The zero-order chi connectivity index (χ0) is 13.1. The number of aromatic nitrogens is 4. The number of nitrogens with zero attached hydrogens (tertiary/aromatic N) is 5. The van der Waals surface area contributed by atoms with Gasteiger partial charge in [0.2, 0.25) is 0 Å². The fraction of sp³-hybridized carbons (Fsp3) is 0.417. The van der Waals surface area contributed by atoms with Crippen LogP contribution in [0.2, 0.25) is 0 Å². The molecule has 18 heavy (non-hydrogen) atoms. The molecular formula is C12H17N5O. The Balaban J connectivity index is 2.08. The zero-order valence-electron chi connectivity index (χ0n) is 10.9. The molecule has 0 aromatic carbocycles. The van der Waals surface area contributed by atoms with Gasteiger partial charge in [-0.15, -0.1) is 0 Å². The molecule has 0 radical (unpaired) electrons. The van der Waals surface area contributed by atoms with Gasteiger partial charge in [0.25, 0.3) is 5.91 Å². The van der Waals surface area contributed by atoms with Crippen molar-refractivity contribution in [2.75, 3.05) is 7.05 Å². The summed E-state index contributed by atoms with van der Waals surface area (Å²) in [5.41, 5.74) is 1.48. The second-order valence-corrected chi connectivity index (χ2v) is 4.17. The molecule has 0 spiro atoms. The highest BCUT2D eigenvalue weighted by Crippen LogP contribution is 2.06. The summed E-state index contributed by atoms with van der Waals surface area (Å²) in [6, 6.07) is 3.64. The van der Waals surface area contributed by atoms with Crippen LogP contribution in [0.25, 0.3) is 0 Å². The van der Waals surface area contributed by atoms with Crippen LogP contribution in [-0.4, -0.2) is 37.4 Å². The third-order valence-corrected chi connectivity index (χ3v) is 2.78. The molecule has 96 valence electrons. The summed E-state index contributed by atoms with van der Waals surface area (Å²) in [5.74, 6) is -0.0838. The summed E-state index contributed by atoms with van der Waals surface area (Å²) in [5, 5.41) is 8.29. The minimum Gasteiger partial charge on any atom is -0.334 e. The molecular weight excluding hydrogens is 230 g/mol. The number of amides is 1. The maximum absolute atomic E-state index is 12.1. The molecule has 0 unspecified atom stereocenters. The third-order valence-electron chi connectivity index (χ3n) is 2.78. The second-order valence-electron chi connectivity index (χ2n) is 4.17. The summed E-state index contributed by atoms with van der Waals surface area (Å²) in [6.07, 6.45) is 3.51. The summed E-state index contributed by atoms with van der Waals surface area (Å²) in [6.45, 7) is 3.36. The smallest absolute Gasteiger partial charge is 0.274 e. The van der Waals surface area contributed by atoms with Gasteiger partial charge in [0.15, 0.2) is 0 Å². The molecule has 1 amide bonds. The van der Waals surface area contributed by atoms with E-state index >= 15 is 0 Å². The number of hydrogen-bond acceptors (Lipinski definition) is 3. The summed E-state index contributed by atoms with van der Waals surface area (Å²) < 4.78 is 3.50. The van der Waals surface area contributed by atoms with Crippen LogP contribution in [0.5, 0.6) is 0 Å². The molecule has 2 aromatic heterocycles. The second kappa shape index (κ2) is 5.03. The van der Waals surface area contributed by atoms with Crippen LogP contribution in [0.1, 0.15) is 23.1 Å². The van der Waals surface area contributed by atoms with Crippen molar-refractivity contribution in [1.82, 2.24) is 24.5 Å². The van der Waals surface area contributed by atoms with Crippen molar-refractivity contribution >= 4 is 5.91 Å². The standard InChI is InChI=1S/C12H17N5O/c1-4-17-10(5-7-13-17)9-15(2)12(18)11-6-8-16(3)14-11/h5-8H,4,9H2,1-3H3. The van der Waals surface area contributed by atoms with Crippen molar-refractivity contribution in [1.29, 1.82) is 0 Å². The van der Waals surface area contributed by atoms with Crippen LogP contribution in [0.15, 0.2) is 24.5 Å². The Morgan fingerprint density at radius 3 is 2.83 bits per heavy atom. The maximum atomic E-state index is 12.1. The van der Waals surface area contributed by atoms with E-state index < -0.39 is 0 Å². The van der Waals surface area contributed by atoms with Crippen molar-refractivity contribution in [2.24, 2.45) is 7.05 Å². The average molecular weight is 247 g/mol. The molecule has 0 fully saturated rings. The Bertz CT molecular complexity index is 542. The van der Waals surface area contributed by atoms with Gasteiger partial charge < -0.3 is 4.90 Å². The molecule has 2 aromatic rings. The van der Waals surface area contributed by atoms with Crippen molar-refractivity contribution in [3.8, 4) is 0 Å². The quantitative estimate of drug-likeness (QED) is 0.807. The van der Waals surface area contributed by atoms with E-state index in [0.29, 0.717) is 12.2 Å². The predicted octanol–water partition coefficient (Wildman–Crippen LogP) is 0.909. The number of hydrogen-bond donors (Lipinski definition) is 0. The minimum absolute atomic E-state index is 0.0838. The van der Waals surface area contributed by atoms with Gasteiger partial charge in [0.05, 0.1) is 12.2 Å². The lowest BCUT2D eigenvalue weighted by atomic mass is 10.3. The lowest BCUT2D eigenvalue weighted by Gasteiger charge is -2.16.